The van der Waals surface area contributed by atoms with Gasteiger partial charge < -0.3 is 10.1 Å². The van der Waals surface area contributed by atoms with Gasteiger partial charge in [-0.3, -0.25) is 9.52 Å². The Morgan fingerprint density at radius 3 is 2.33 bits per heavy atom. The van der Waals surface area contributed by atoms with E-state index in [0.29, 0.717) is 11.3 Å². The molecular weight excluding hydrogens is 404 g/mol. The first kappa shape index (κ1) is 21.1. The normalized spacial score (nSPS) is 10.8. The van der Waals surface area contributed by atoms with Crippen molar-refractivity contribution in [3.05, 3.63) is 90.0 Å². The summed E-state index contributed by atoms with van der Waals surface area (Å²) in [6.07, 6.45) is 0. The highest BCUT2D eigenvalue weighted by molar-refractivity contribution is 7.92. The van der Waals surface area contributed by atoms with Crippen molar-refractivity contribution in [2.75, 3.05) is 16.6 Å². The van der Waals surface area contributed by atoms with Crippen LogP contribution in [0.2, 0.25) is 0 Å². The Labute approximate surface area is 174 Å². The average Bonchev–Trinajstić information content (AvgIpc) is 2.75. The van der Waals surface area contributed by atoms with E-state index < -0.39 is 21.9 Å². The van der Waals surface area contributed by atoms with Gasteiger partial charge in [-0.05, 0) is 49.4 Å². The lowest BCUT2D eigenvalue weighted by Gasteiger charge is -2.13. The zero-order valence-corrected chi connectivity index (χ0v) is 17.0. The third-order valence-corrected chi connectivity index (χ3v) is 5.48. The van der Waals surface area contributed by atoms with Crippen LogP contribution in [-0.2, 0) is 14.8 Å². The van der Waals surface area contributed by atoms with Crippen LogP contribution in [-0.4, -0.2) is 26.9 Å². The van der Waals surface area contributed by atoms with Crippen LogP contribution in [0.25, 0.3) is 0 Å². The first-order valence-corrected chi connectivity index (χ1v) is 10.6. The van der Waals surface area contributed by atoms with E-state index in [4.69, 9.17) is 4.74 Å². The Balaban J connectivity index is 1.83. The van der Waals surface area contributed by atoms with Crippen molar-refractivity contribution in [2.45, 2.75) is 11.8 Å². The maximum absolute atomic E-state index is 12.8. The van der Waals surface area contributed by atoms with Gasteiger partial charge in [0, 0.05) is 5.69 Å². The molecule has 0 heterocycles. The third-order valence-electron chi connectivity index (χ3n) is 4.10. The molecule has 0 spiro atoms. The monoisotopic (exact) mass is 424 g/mol. The molecule has 0 saturated carbocycles. The third kappa shape index (κ3) is 5.03. The van der Waals surface area contributed by atoms with Gasteiger partial charge in [-0.25, -0.2) is 13.2 Å². The van der Waals surface area contributed by atoms with Gasteiger partial charge in [0.15, 0.2) is 0 Å². The summed E-state index contributed by atoms with van der Waals surface area (Å²) in [5, 5.41) is 2.68. The molecule has 3 aromatic rings. The minimum absolute atomic E-state index is 0.0855. The van der Waals surface area contributed by atoms with Gasteiger partial charge >= 0.3 is 5.97 Å². The molecule has 8 heteroatoms. The van der Waals surface area contributed by atoms with Crippen LogP contribution >= 0.6 is 0 Å². The van der Waals surface area contributed by atoms with Crippen molar-refractivity contribution < 1.29 is 22.7 Å². The summed E-state index contributed by atoms with van der Waals surface area (Å²) in [5.41, 5.74) is 0.956. The SMILES string of the molecule is CCOC(=O)c1cccc(NC(=O)c2ccccc2NS(=O)(=O)c2ccccc2)c1. The van der Waals surface area contributed by atoms with Crippen molar-refractivity contribution in [1.29, 1.82) is 0 Å². The number of benzene rings is 3. The fraction of sp³-hybridized carbons (Fsp3) is 0.0909. The van der Waals surface area contributed by atoms with Gasteiger partial charge in [0.1, 0.15) is 0 Å². The van der Waals surface area contributed by atoms with Gasteiger partial charge in [0.25, 0.3) is 15.9 Å². The molecule has 0 atom stereocenters. The van der Waals surface area contributed by atoms with E-state index in [9.17, 15) is 18.0 Å². The second kappa shape index (κ2) is 9.23. The Bertz CT molecular complexity index is 1160. The summed E-state index contributed by atoms with van der Waals surface area (Å²) in [5.74, 6) is -1.02. The topological polar surface area (TPSA) is 102 Å². The number of hydrogen-bond donors (Lipinski definition) is 2. The summed E-state index contributed by atoms with van der Waals surface area (Å²) in [6, 6.07) is 20.4. The molecule has 3 aromatic carbocycles. The lowest BCUT2D eigenvalue weighted by Crippen LogP contribution is -2.18. The number of ether oxygens (including phenoxy) is 1. The molecule has 0 bridgehead atoms. The van der Waals surface area contributed by atoms with E-state index in [0.717, 1.165) is 0 Å². The van der Waals surface area contributed by atoms with Crippen LogP contribution in [0.1, 0.15) is 27.6 Å². The zero-order chi connectivity index (χ0) is 21.6. The molecule has 0 saturated heterocycles. The molecule has 7 nitrogen and oxygen atoms in total. The summed E-state index contributed by atoms with van der Waals surface area (Å²) >= 11 is 0. The molecule has 154 valence electrons. The molecule has 0 unspecified atom stereocenters. The number of sulfonamides is 1. The van der Waals surface area contributed by atoms with Crippen LogP contribution in [0.15, 0.2) is 83.8 Å². The number of amides is 1. The van der Waals surface area contributed by atoms with E-state index in [1.807, 2.05) is 0 Å². The standard InChI is InChI=1S/C22H20N2O5S/c1-2-29-22(26)16-9-8-10-17(15-16)23-21(25)19-13-6-7-14-20(19)24-30(27,28)18-11-4-3-5-12-18/h3-15,24H,2H2,1H3,(H,23,25). The van der Waals surface area contributed by atoms with Crippen LogP contribution in [0.5, 0.6) is 0 Å². The molecule has 0 radical (unpaired) electrons. The van der Waals surface area contributed by atoms with E-state index in [-0.39, 0.29) is 22.8 Å². The highest BCUT2D eigenvalue weighted by atomic mass is 32.2. The molecule has 30 heavy (non-hydrogen) atoms. The zero-order valence-electron chi connectivity index (χ0n) is 16.2. The quantitative estimate of drug-likeness (QED) is 0.560. The lowest BCUT2D eigenvalue weighted by molar-refractivity contribution is 0.0526. The second-order valence-electron chi connectivity index (χ2n) is 6.22. The molecule has 0 aromatic heterocycles. The fourth-order valence-corrected chi connectivity index (χ4v) is 3.81. The van der Waals surface area contributed by atoms with Crippen LogP contribution in [0.4, 0.5) is 11.4 Å². The summed E-state index contributed by atoms with van der Waals surface area (Å²) in [4.78, 5) is 24.8. The maximum atomic E-state index is 12.8. The van der Waals surface area contributed by atoms with Crippen LogP contribution in [0, 0.1) is 0 Å². The Morgan fingerprint density at radius 1 is 0.900 bits per heavy atom. The minimum Gasteiger partial charge on any atom is -0.462 e. The molecule has 0 aliphatic rings. The van der Waals surface area contributed by atoms with E-state index in [1.165, 1.54) is 30.3 Å². The van der Waals surface area contributed by atoms with E-state index >= 15 is 0 Å². The number of para-hydroxylation sites is 1. The highest BCUT2D eigenvalue weighted by Gasteiger charge is 2.18. The van der Waals surface area contributed by atoms with E-state index in [2.05, 4.69) is 10.0 Å². The largest absolute Gasteiger partial charge is 0.462 e. The predicted octanol–water partition coefficient (Wildman–Crippen LogP) is 3.92. The number of carbonyl (C=O) groups is 2. The molecule has 0 aliphatic carbocycles. The number of carbonyl (C=O) groups excluding carboxylic acids is 2. The van der Waals surface area contributed by atoms with Gasteiger partial charge in [0.2, 0.25) is 0 Å². The number of anilines is 2. The van der Waals surface area contributed by atoms with Crippen molar-refractivity contribution in [2.24, 2.45) is 0 Å². The van der Waals surface area contributed by atoms with Crippen molar-refractivity contribution in [3.8, 4) is 0 Å². The van der Waals surface area contributed by atoms with Crippen molar-refractivity contribution in [3.63, 3.8) is 0 Å². The second-order valence-corrected chi connectivity index (χ2v) is 7.90. The first-order valence-electron chi connectivity index (χ1n) is 9.16. The fourth-order valence-electron chi connectivity index (χ4n) is 2.71. The minimum atomic E-state index is -3.86. The molecular formula is C22H20N2O5S. The van der Waals surface area contributed by atoms with Crippen LogP contribution in [0.3, 0.4) is 0 Å². The molecule has 0 fully saturated rings. The van der Waals surface area contributed by atoms with Gasteiger partial charge in [-0.1, -0.05) is 36.4 Å². The summed E-state index contributed by atoms with van der Waals surface area (Å²) in [6.45, 7) is 1.95. The molecule has 0 aliphatic heterocycles. The van der Waals surface area contributed by atoms with Crippen LogP contribution < -0.4 is 10.0 Å². The average molecular weight is 424 g/mol. The molecule has 3 rings (SSSR count). The number of nitrogens with one attached hydrogen (secondary N) is 2. The number of rotatable bonds is 7. The lowest BCUT2D eigenvalue weighted by atomic mass is 10.1. The van der Waals surface area contributed by atoms with E-state index in [1.54, 1.807) is 55.5 Å². The van der Waals surface area contributed by atoms with Gasteiger partial charge in [0.05, 0.1) is 28.3 Å². The highest BCUT2D eigenvalue weighted by Crippen LogP contribution is 2.22. The molecule has 2 N–H and O–H groups in total. The predicted molar refractivity (Wildman–Crippen MR) is 114 cm³/mol. The Hall–Kier alpha value is -3.65. The first-order chi connectivity index (χ1) is 14.4. The van der Waals surface area contributed by atoms with Crippen molar-refractivity contribution in [1.82, 2.24) is 0 Å². The smallest absolute Gasteiger partial charge is 0.338 e. The van der Waals surface area contributed by atoms with Gasteiger partial charge in [-0.15, -0.1) is 0 Å². The van der Waals surface area contributed by atoms with Crippen molar-refractivity contribution >= 4 is 33.3 Å². The Morgan fingerprint density at radius 2 is 1.60 bits per heavy atom. The number of hydrogen-bond acceptors (Lipinski definition) is 5. The molecule has 1 amide bonds. The van der Waals surface area contributed by atoms with Gasteiger partial charge in [-0.2, -0.15) is 0 Å². The Kier molecular flexibility index (Phi) is 6.48. The summed E-state index contributed by atoms with van der Waals surface area (Å²) in [7, 11) is -3.86. The number of esters is 1. The maximum Gasteiger partial charge on any atom is 0.338 e. The summed E-state index contributed by atoms with van der Waals surface area (Å²) < 4.78 is 32.7.